The molecule has 0 spiro atoms. The quantitative estimate of drug-likeness (QED) is 0.780. The van der Waals surface area contributed by atoms with Crippen molar-refractivity contribution in [1.29, 1.82) is 0 Å². The minimum atomic E-state index is -0.951. The van der Waals surface area contributed by atoms with Gasteiger partial charge in [-0.05, 0) is 36.8 Å². The van der Waals surface area contributed by atoms with Crippen LogP contribution < -0.4 is 9.47 Å². The van der Waals surface area contributed by atoms with Gasteiger partial charge in [-0.1, -0.05) is 23.7 Å². The lowest BCUT2D eigenvalue weighted by molar-refractivity contribution is 0.171. The molecule has 1 aliphatic heterocycles. The van der Waals surface area contributed by atoms with E-state index in [1.54, 1.807) is 35.9 Å². The van der Waals surface area contributed by atoms with E-state index in [0.29, 0.717) is 46.9 Å². The maximum atomic E-state index is 10.8. The first kappa shape index (κ1) is 15.9. The van der Waals surface area contributed by atoms with Crippen molar-refractivity contribution in [3.05, 3.63) is 64.7 Å². The van der Waals surface area contributed by atoms with Crippen molar-refractivity contribution in [3.63, 3.8) is 0 Å². The van der Waals surface area contributed by atoms with E-state index in [1.807, 2.05) is 18.2 Å². The minimum absolute atomic E-state index is 0.413. The van der Waals surface area contributed by atoms with Crippen LogP contribution in [0.15, 0.2) is 42.5 Å². The number of benzene rings is 2. The van der Waals surface area contributed by atoms with Gasteiger partial charge in [0.05, 0.1) is 5.69 Å². The Balaban J connectivity index is 1.76. The van der Waals surface area contributed by atoms with Crippen molar-refractivity contribution in [1.82, 2.24) is 14.8 Å². The third-order valence-electron chi connectivity index (χ3n) is 3.92. The van der Waals surface area contributed by atoms with Crippen LogP contribution in [0.25, 0.3) is 5.69 Å². The average molecular weight is 358 g/mol. The smallest absolute Gasteiger partial charge is 0.165 e. The van der Waals surface area contributed by atoms with Gasteiger partial charge in [-0.25, -0.2) is 9.67 Å². The van der Waals surface area contributed by atoms with E-state index < -0.39 is 6.10 Å². The van der Waals surface area contributed by atoms with E-state index in [1.165, 1.54) is 0 Å². The molecule has 6 nitrogen and oxygen atoms in total. The molecule has 4 rings (SSSR count). The number of aryl methyl sites for hydroxylation is 1. The molecule has 0 amide bonds. The van der Waals surface area contributed by atoms with Crippen LogP contribution in [0, 0.1) is 6.92 Å². The number of rotatable bonds is 3. The summed E-state index contributed by atoms with van der Waals surface area (Å²) in [5, 5.41) is 15.7. The minimum Gasteiger partial charge on any atom is -0.486 e. The molecular weight excluding hydrogens is 342 g/mol. The second-order valence-corrected chi connectivity index (χ2v) is 6.15. The molecule has 1 N–H and O–H groups in total. The number of halogens is 1. The summed E-state index contributed by atoms with van der Waals surface area (Å²) in [6.07, 6.45) is -0.951. The lowest BCUT2D eigenvalue weighted by atomic mass is 10.1. The van der Waals surface area contributed by atoms with E-state index in [0.717, 1.165) is 5.69 Å². The molecule has 0 saturated heterocycles. The zero-order valence-corrected chi connectivity index (χ0v) is 14.3. The monoisotopic (exact) mass is 357 g/mol. The van der Waals surface area contributed by atoms with E-state index >= 15 is 0 Å². The fraction of sp³-hybridized carbons (Fsp3) is 0.222. The van der Waals surface area contributed by atoms with E-state index in [-0.39, 0.29) is 0 Å². The van der Waals surface area contributed by atoms with Crippen LogP contribution in [-0.4, -0.2) is 33.1 Å². The fourth-order valence-electron chi connectivity index (χ4n) is 2.79. The zero-order chi connectivity index (χ0) is 17.4. The fourth-order valence-corrected chi connectivity index (χ4v) is 2.99. The van der Waals surface area contributed by atoms with E-state index in [9.17, 15) is 5.11 Å². The Morgan fingerprint density at radius 3 is 2.72 bits per heavy atom. The maximum Gasteiger partial charge on any atom is 0.165 e. The van der Waals surface area contributed by atoms with Crippen LogP contribution in [0.3, 0.4) is 0 Å². The standard InChI is InChI=1S/C18H16ClN3O3/c1-11-20-18(17(23)12-3-2-4-13(19)9-12)22(21-11)14-5-6-15-16(10-14)25-8-7-24-15/h2-6,9-10,17,23H,7-8H2,1H3/t17-/m1/s1. The number of aromatic nitrogens is 3. The SMILES string of the molecule is Cc1nc([C@H](O)c2cccc(Cl)c2)n(-c2ccc3c(c2)OCCO3)n1. The Morgan fingerprint density at radius 2 is 1.92 bits per heavy atom. The molecule has 2 aromatic carbocycles. The van der Waals surface area contributed by atoms with Gasteiger partial charge >= 0.3 is 0 Å². The van der Waals surface area contributed by atoms with Crippen LogP contribution >= 0.6 is 11.6 Å². The largest absolute Gasteiger partial charge is 0.486 e. The zero-order valence-electron chi connectivity index (χ0n) is 13.5. The highest BCUT2D eigenvalue weighted by atomic mass is 35.5. The molecule has 0 bridgehead atoms. The summed E-state index contributed by atoms with van der Waals surface area (Å²) in [5.41, 5.74) is 1.39. The Labute approximate surface area is 149 Å². The second-order valence-electron chi connectivity index (χ2n) is 5.71. The molecule has 7 heteroatoms. The molecule has 2 heterocycles. The molecule has 0 fully saturated rings. The van der Waals surface area contributed by atoms with Gasteiger partial charge in [-0.15, -0.1) is 0 Å². The Bertz CT molecular complexity index is 926. The van der Waals surface area contributed by atoms with Crippen molar-refractivity contribution in [2.24, 2.45) is 0 Å². The molecule has 128 valence electrons. The summed E-state index contributed by atoms with van der Waals surface area (Å²) >= 11 is 6.03. The Kier molecular flexibility index (Phi) is 4.07. The summed E-state index contributed by atoms with van der Waals surface area (Å²) in [7, 11) is 0. The second kappa shape index (κ2) is 6.38. The molecule has 25 heavy (non-hydrogen) atoms. The maximum absolute atomic E-state index is 10.8. The van der Waals surface area contributed by atoms with Gasteiger partial charge in [0.1, 0.15) is 25.1 Å². The topological polar surface area (TPSA) is 69.4 Å². The lowest BCUT2D eigenvalue weighted by Gasteiger charge is -2.19. The molecule has 3 aromatic rings. The lowest BCUT2D eigenvalue weighted by Crippen LogP contribution is -2.16. The first-order valence-corrected chi connectivity index (χ1v) is 8.27. The molecule has 1 atom stereocenters. The normalized spacial score (nSPS) is 14.4. The number of hydrogen-bond donors (Lipinski definition) is 1. The summed E-state index contributed by atoms with van der Waals surface area (Å²) in [6.45, 7) is 2.82. The van der Waals surface area contributed by atoms with Gasteiger partial charge in [0.25, 0.3) is 0 Å². The van der Waals surface area contributed by atoms with Gasteiger partial charge in [-0.3, -0.25) is 0 Å². The number of aliphatic hydroxyl groups excluding tert-OH is 1. The highest BCUT2D eigenvalue weighted by Gasteiger charge is 2.21. The third-order valence-corrected chi connectivity index (χ3v) is 4.15. The number of aliphatic hydroxyl groups is 1. The van der Waals surface area contributed by atoms with Gasteiger partial charge < -0.3 is 14.6 Å². The van der Waals surface area contributed by atoms with Gasteiger partial charge in [0, 0.05) is 11.1 Å². The first-order chi connectivity index (χ1) is 12.1. The van der Waals surface area contributed by atoms with Crippen molar-refractivity contribution < 1.29 is 14.6 Å². The highest BCUT2D eigenvalue weighted by molar-refractivity contribution is 6.30. The van der Waals surface area contributed by atoms with Crippen LogP contribution in [0.1, 0.15) is 23.3 Å². The molecule has 1 aliphatic rings. The molecule has 0 unspecified atom stereocenters. The van der Waals surface area contributed by atoms with E-state index in [2.05, 4.69) is 10.1 Å². The van der Waals surface area contributed by atoms with Crippen LogP contribution in [0.4, 0.5) is 0 Å². The summed E-state index contributed by atoms with van der Waals surface area (Å²) in [6, 6.07) is 12.6. The molecule has 1 aromatic heterocycles. The number of nitrogens with zero attached hydrogens (tertiary/aromatic N) is 3. The summed E-state index contributed by atoms with van der Waals surface area (Å²) in [5.74, 6) is 2.33. The summed E-state index contributed by atoms with van der Waals surface area (Å²) < 4.78 is 12.8. The third kappa shape index (κ3) is 3.06. The average Bonchev–Trinajstić information content (AvgIpc) is 3.02. The molecular formula is C18H16ClN3O3. The van der Waals surface area contributed by atoms with Crippen LogP contribution in [0.5, 0.6) is 11.5 Å². The highest BCUT2D eigenvalue weighted by Crippen LogP contribution is 2.33. The predicted octanol–water partition coefficient (Wildman–Crippen LogP) is 3.08. The van der Waals surface area contributed by atoms with Crippen LogP contribution in [-0.2, 0) is 0 Å². The van der Waals surface area contributed by atoms with Crippen LogP contribution in [0.2, 0.25) is 5.02 Å². The van der Waals surface area contributed by atoms with Gasteiger partial charge in [0.15, 0.2) is 17.3 Å². The van der Waals surface area contributed by atoms with Crippen molar-refractivity contribution in [2.45, 2.75) is 13.0 Å². The number of fused-ring (bicyclic) bond motifs is 1. The van der Waals surface area contributed by atoms with Crippen molar-refractivity contribution in [2.75, 3.05) is 13.2 Å². The first-order valence-electron chi connectivity index (χ1n) is 7.89. The Morgan fingerprint density at radius 1 is 1.12 bits per heavy atom. The van der Waals surface area contributed by atoms with Gasteiger partial charge in [-0.2, -0.15) is 5.10 Å². The number of ether oxygens (including phenoxy) is 2. The predicted molar refractivity (Wildman–Crippen MR) is 92.6 cm³/mol. The summed E-state index contributed by atoms with van der Waals surface area (Å²) in [4.78, 5) is 4.39. The van der Waals surface area contributed by atoms with Crippen molar-refractivity contribution in [3.8, 4) is 17.2 Å². The number of hydrogen-bond acceptors (Lipinski definition) is 5. The van der Waals surface area contributed by atoms with Gasteiger partial charge in [0.2, 0.25) is 0 Å². The molecule has 0 saturated carbocycles. The Hall–Kier alpha value is -2.57. The van der Waals surface area contributed by atoms with Crippen molar-refractivity contribution >= 4 is 11.6 Å². The molecule has 0 radical (unpaired) electrons. The molecule has 0 aliphatic carbocycles. The van der Waals surface area contributed by atoms with E-state index in [4.69, 9.17) is 21.1 Å².